The molecule has 0 saturated heterocycles. The second-order valence-electron chi connectivity index (χ2n) is 19.9. The molecule has 0 spiro atoms. The molecule has 0 atom stereocenters. The Bertz CT molecular complexity index is 4550. The van der Waals surface area contributed by atoms with Gasteiger partial charge in [-0.15, -0.1) is 0 Å². The first-order valence-electron chi connectivity index (χ1n) is 27.2. The number of diazo groups is 1. The van der Waals surface area contributed by atoms with Crippen molar-refractivity contribution in [3.05, 3.63) is 283 Å². The van der Waals surface area contributed by atoms with Gasteiger partial charge in [-0.2, -0.15) is 8.42 Å². The SMILES string of the molecule is C.C.C.C.Cc1cc(N)ccc1F.Cc1cc(S(=O)(=O)Cl)ccc1F.Cc1cc(S(=O)(=O)Cl)ccc1F.Cc1cc(S(=O)(=O)Cl)ccc1F.Cc1cc(S(=O)(=O)[O-])ccc1F.Cc1cc(S(N)(=O)=O)ccc1F.Cc1cc([N+]#N)ccc1F.Cc1ccccc1F.Cc1ccccc1F.N.N.N.O.O.O.O=S(=O)(O)Cl.[Cl][Cu][Cl].[Na+]. The molecule has 0 aliphatic carbocycles. The van der Waals surface area contributed by atoms with Crippen LogP contribution in [0.3, 0.4) is 0 Å². The molecule has 24 nitrogen and oxygen atoms in total. The molecule has 0 fully saturated rings. The Labute approximate surface area is 717 Å². The number of rotatable bonds is 5. The van der Waals surface area contributed by atoms with E-state index in [9.17, 15) is 86.2 Å². The van der Waals surface area contributed by atoms with Gasteiger partial charge in [-0.1, -0.05) is 66.1 Å². The van der Waals surface area contributed by atoms with E-state index in [2.05, 4.69) is 35.9 Å². The fraction of sp³-hybridized carbons (Fsp3) is 0.194. The van der Waals surface area contributed by atoms with Gasteiger partial charge in [0.15, 0.2) is 4.98 Å². The quantitative estimate of drug-likeness (QED) is 0.0233. The van der Waals surface area contributed by atoms with E-state index >= 15 is 0 Å². The first kappa shape index (κ1) is 137. The molecule has 0 radical (unpaired) electrons. The van der Waals surface area contributed by atoms with Gasteiger partial charge in [-0.3, -0.25) is 4.55 Å². The van der Waals surface area contributed by atoms with Crippen LogP contribution >= 0.6 is 62.9 Å². The number of anilines is 1. The molecular weight excluding hydrogens is 1840 g/mol. The minimum atomic E-state index is -4.46. The van der Waals surface area contributed by atoms with Gasteiger partial charge in [0, 0.05) is 60.5 Å². The summed E-state index contributed by atoms with van der Waals surface area (Å²) in [4.78, 5) is 2.19. The Morgan fingerprint density at radius 3 is 0.737 bits per heavy atom. The molecule has 0 heterocycles. The van der Waals surface area contributed by atoms with E-state index in [1.54, 1.807) is 64.1 Å². The van der Waals surface area contributed by atoms with Crippen molar-refractivity contribution in [2.75, 3.05) is 5.73 Å². The van der Waals surface area contributed by atoms with Crippen LogP contribution in [0.25, 0.3) is 4.98 Å². The zero-order valence-electron chi connectivity index (χ0n) is 59.1. The number of sulfonamides is 1. The van der Waals surface area contributed by atoms with Crippen molar-refractivity contribution in [3.8, 4) is 0 Å². The minimum Gasteiger partial charge on any atom is 1.00 e. The second-order valence-corrected chi connectivity index (χ2v) is 34.1. The van der Waals surface area contributed by atoms with Gasteiger partial charge in [0.1, 0.15) is 62.5 Å². The first-order valence-corrected chi connectivity index (χ1v) is 41.9. The third-order valence-corrected chi connectivity index (χ3v) is 17.5. The van der Waals surface area contributed by atoms with E-state index in [-0.39, 0.29) is 165 Å². The van der Waals surface area contributed by atoms with E-state index in [1.165, 1.54) is 95.3 Å². The van der Waals surface area contributed by atoms with E-state index in [0.29, 0.717) is 33.6 Å². The van der Waals surface area contributed by atoms with Crippen molar-refractivity contribution < 1.29 is 158 Å². The van der Waals surface area contributed by atoms with Crippen molar-refractivity contribution >= 4 is 131 Å². The van der Waals surface area contributed by atoms with Crippen molar-refractivity contribution in [1.82, 2.24) is 18.5 Å². The predicted octanol–water partition coefficient (Wildman–Crippen LogP) is 15.6. The molecule has 0 aliphatic heterocycles. The van der Waals surface area contributed by atoms with Gasteiger partial charge >= 0.3 is 77.9 Å². The van der Waals surface area contributed by atoms with Gasteiger partial charge in [-0.25, -0.2) is 86.7 Å². The summed E-state index contributed by atoms with van der Waals surface area (Å²) in [6, 6.07) is 38.6. The van der Waals surface area contributed by atoms with E-state index < -0.39 is 90.6 Å². The molecule has 649 valence electrons. The molecule has 0 aliphatic rings. The summed E-state index contributed by atoms with van der Waals surface area (Å²) in [6.45, 7) is 14.1. The average molecular weight is 1930 g/mol. The first-order chi connectivity index (χ1) is 47.0. The number of nitrogens with zero attached hydrogens (tertiary/aromatic N) is 2. The summed E-state index contributed by atoms with van der Waals surface area (Å²) in [5.41, 5.74) is 10.0. The molecule has 0 aromatic heterocycles. The summed E-state index contributed by atoms with van der Waals surface area (Å²) in [6.07, 6.45) is 0. The van der Waals surface area contributed by atoms with Crippen LogP contribution in [0.2, 0.25) is 0 Å². The maximum absolute atomic E-state index is 12.7. The van der Waals surface area contributed by atoms with E-state index in [4.69, 9.17) is 61.3 Å². The van der Waals surface area contributed by atoms with Crippen molar-refractivity contribution in [2.24, 2.45) is 5.14 Å². The summed E-state index contributed by atoms with van der Waals surface area (Å²) >= 11 is 0.757. The number of halogens is 15. The molecule has 0 bridgehead atoms. The van der Waals surface area contributed by atoms with Crippen molar-refractivity contribution in [1.29, 1.82) is 5.39 Å². The normalized spacial score (nSPS) is 9.63. The minimum absolute atomic E-state index is 0. The van der Waals surface area contributed by atoms with Crippen molar-refractivity contribution in [3.63, 3.8) is 0 Å². The molecule has 20 N–H and O–H groups in total. The van der Waals surface area contributed by atoms with Gasteiger partial charge in [0.05, 0.1) is 24.5 Å². The number of nitrogen functional groups attached to an aromatic ring is 1. The van der Waals surface area contributed by atoms with Crippen LogP contribution in [-0.2, 0) is 69.8 Å². The molecular formula is C67H92Cl6CuF9N7NaO17S6+. The molecule has 47 heteroatoms. The summed E-state index contributed by atoms with van der Waals surface area (Å²) < 4.78 is 255. The zero-order chi connectivity index (χ0) is 80.4. The number of hydrogen-bond acceptors (Lipinski definition) is 18. The Morgan fingerprint density at radius 2 is 0.553 bits per heavy atom. The Kier molecular flexibility index (Phi) is 78.4. The third-order valence-electron chi connectivity index (χ3n) is 11.7. The van der Waals surface area contributed by atoms with Crippen LogP contribution in [0.15, 0.2) is 200 Å². The summed E-state index contributed by atoms with van der Waals surface area (Å²) in [5, 5.41) is 13.1. The molecule has 9 rings (SSSR count). The second kappa shape index (κ2) is 65.1. The van der Waals surface area contributed by atoms with Crippen LogP contribution in [0.1, 0.15) is 79.8 Å². The number of hydrogen-bond donors (Lipinski definition) is 6. The van der Waals surface area contributed by atoms with Crippen LogP contribution in [-0.4, -0.2) is 76.0 Å². The Morgan fingerprint density at radius 1 is 0.360 bits per heavy atom. The summed E-state index contributed by atoms with van der Waals surface area (Å²) in [7, 11) is 4.92. The molecule has 0 saturated carbocycles. The van der Waals surface area contributed by atoms with Crippen LogP contribution in [0, 0.1) is 120 Å². The third kappa shape index (κ3) is 60.6. The largest absolute Gasteiger partial charge is 1.00 e. The maximum atomic E-state index is 12.7. The molecule has 0 amide bonds. The molecule has 114 heavy (non-hydrogen) atoms. The Hall–Kier alpha value is -5.83. The predicted molar refractivity (Wildman–Crippen MR) is 430 cm³/mol. The molecule has 0 unspecified atom stereocenters. The van der Waals surface area contributed by atoms with Crippen LogP contribution in [0.4, 0.5) is 50.9 Å². The number of benzene rings is 9. The molecule has 9 aromatic rings. The van der Waals surface area contributed by atoms with Gasteiger partial charge < -0.3 is 45.2 Å². The van der Waals surface area contributed by atoms with Gasteiger partial charge in [-0.05, 0) is 240 Å². The fourth-order valence-electron chi connectivity index (χ4n) is 6.33. The maximum Gasteiger partial charge on any atom is 1.00 e. The topological polar surface area (TPSA) is 528 Å². The zero-order valence-corrected chi connectivity index (χ0v) is 71.5. The van der Waals surface area contributed by atoms with E-state index in [1.807, 2.05) is 12.1 Å². The number of nitrogens with two attached hydrogens (primary N) is 2. The molecule has 9 aromatic carbocycles. The van der Waals surface area contributed by atoms with Crippen molar-refractivity contribution in [2.45, 2.75) is 116 Å². The fourth-order valence-corrected chi connectivity index (χ4v) is 10.00. The summed E-state index contributed by atoms with van der Waals surface area (Å²) in [5.74, 6) is -3.06. The standard InChI is InChI=1S/3C7H6ClFO2S.C7H6FN2.C7H8FNO2S.C7H8FN.C7H7FO3S.2C7H7F.4CH4.ClHO3S.2ClH.Cu.3H3N.Na.3H2O/c3*1-5-4-6(12(8,10)11)2-3-7(5)9;1-5-4-6(10-9)2-3-7(5)8;1-5-4-6(12(9,10)11)2-3-7(5)8;1-5-4-6(9)2-3-7(5)8;1-5-4-6(12(9,10)11)2-3-7(5)8;2*1-6-4-2-3-5-7(6)8;;;;;1-5(2,3)4;;;;;;;;;;/h3*2-4H,1H3;2-4H,1H3;2-4H,1H3,(H2,9,10,11);2-4H,9H2,1H3;2-4H,1H3,(H,9,10,11);2*2-5H,1H3;4*1H4;(H,2,3,4);2*1H;;3*1H3;;3*1H2/q;;;+1;;;;;;;;;;;;;+2;;;;+1;;;/p-3. The average Bonchev–Trinajstić information content (AvgIpc) is 0.865. The van der Waals surface area contributed by atoms with Crippen LogP contribution in [0.5, 0.6) is 0 Å². The number of primary sulfonamides is 1. The smallest absolute Gasteiger partial charge is 1.00 e. The van der Waals surface area contributed by atoms with Gasteiger partial charge in [0.25, 0.3) is 27.2 Å². The van der Waals surface area contributed by atoms with Gasteiger partial charge in [0.2, 0.25) is 15.4 Å². The number of aryl methyl sites for hydroxylation is 9. The van der Waals surface area contributed by atoms with E-state index in [0.717, 1.165) is 79.9 Å². The monoisotopic (exact) mass is 1930 g/mol. The Balaban J connectivity index is -0.0000000896. The van der Waals surface area contributed by atoms with Crippen LogP contribution < -0.4 is 58.9 Å².